The van der Waals surface area contributed by atoms with E-state index in [2.05, 4.69) is 88.7 Å². The molecule has 15 aliphatic rings. The molecule has 5 aromatic rings. The third kappa shape index (κ3) is 4.03. The highest BCUT2D eigenvalue weighted by atomic mass is 16.1. The van der Waals surface area contributed by atoms with Crippen molar-refractivity contribution < 1.29 is 0 Å². The summed E-state index contributed by atoms with van der Waals surface area (Å²) >= 11 is 0. The van der Waals surface area contributed by atoms with Crippen LogP contribution in [0.2, 0.25) is 0 Å². The molecule has 2 atom stereocenters. The average molecular weight is 814 g/mol. The maximum absolute atomic E-state index is 15.6. The van der Waals surface area contributed by atoms with Gasteiger partial charge in [-0.1, -0.05) is 44.2 Å². The predicted octanol–water partition coefficient (Wildman–Crippen LogP) is 11.5. The third-order valence-corrected chi connectivity index (χ3v) is 21.7. The van der Waals surface area contributed by atoms with Gasteiger partial charge in [0.2, 0.25) is 0 Å². The minimum Gasteiger partial charge on any atom is -0.311 e. The minimum absolute atomic E-state index is 0.129. The van der Waals surface area contributed by atoms with E-state index in [1.807, 2.05) is 0 Å². The number of hydrogen-bond donors (Lipinski definition) is 0. The quantitative estimate of drug-likeness (QED) is 0.163. The van der Waals surface area contributed by atoms with Gasteiger partial charge in [0.1, 0.15) is 0 Å². The van der Waals surface area contributed by atoms with Crippen molar-refractivity contribution in [2.45, 2.75) is 151 Å². The normalized spacial score (nSPS) is 39.3. The van der Waals surface area contributed by atoms with E-state index in [1.165, 1.54) is 160 Å². The van der Waals surface area contributed by atoms with Crippen LogP contribution >= 0.6 is 0 Å². The largest absolute Gasteiger partial charge is 0.357 e. The molecule has 4 nitrogen and oxygen atoms in total. The molecule has 4 aromatic carbocycles. The standard InChI is InChI=1S/C57H60BN3O/c1-55(2)45-19-40(56-24-32-9-33(25-56)11-34(10-32)26-56)6-7-48(45)59-49-4-3-5-50-52(49)58(47-21-41(20-46(55)53(47)59)57-27-35-12-36(28-57)14-37(13-35)29-57)61-54(62)44-22-42-38-15-30-8-31(16-38)18-39(17-30)43(42)23-51(44)60(50)61/h3-7,19-23,30-39H,8-18,24-29H2,1-2H3. The second-order valence-corrected chi connectivity index (χ2v) is 25.4. The number of aromatic nitrogens is 2. The summed E-state index contributed by atoms with van der Waals surface area (Å²) in [6.45, 7) is 5.02. The summed E-state index contributed by atoms with van der Waals surface area (Å²) in [5, 5.41) is 0.956. The molecule has 0 saturated heterocycles. The first-order valence-electron chi connectivity index (χ1n) is 25.8. The smallest absolute Gasteiger partial charge is 0.311 e. The summed E-state index contributed by atoms with van der Waals surface area (Å²) in [4.78, 5) is 18.3. The van der Waals surface area contributed by atoms with Crippen LogP contribution in [0, 0.1) is 47.3 Å². The molecule has 0 spiro atoms. The van der Waals surface area contributed by atoms with Crippen LogP contribution in [-0.4, -0.2) is 16.1 Å². The molecular formula is C57H60BN3O. The van der Waals surface area contributed by atoms with E-state index in [1.54, 1.807) is 16.7 Å². The van der Waals surface area contributed by atoms with Crippen LogP contribution < -0.4 is 21.4 Å². The van der Waals surface area contributed by atoms with Crippen LogP contribution in [0.15, 0.2) is 65.5 Å². The molecule has 62 heavy (non-hydrogen) atoms. The van der Waals surface area contributed by atoms with E-state index in [0.717, 1.165) is 58.2 Å². The van der Waals surface area contributed by atoms with E-state index >= 15 is 4.79 Å². The lowest BCUT2D eigenvalue weighted by molar-refractivity contribution is -0.00527. The van der Waals surface area contributed by atoms with Gasteiger partial charge in [0, 0.05) is 22.3 Å². The Kier molecular flexibility index (Phi) is 6.06. The second kappa shape index (κ2) is 10.9. The van der Waals surface area contributed by atoms with Crippen LogP contribution in [0.5, 0.6) is 0 Å². The zero-order valence-electron chi connectivity index (χ0n) is 36.9. The van der Waals surface area contributed by atoms with Crippen LogP contribution in [-0.2, 0) is 16.2 Å². The van der Waals surface area contributed by atoms with Crippen molar-refractivity contribution in [2.24, 2.45) is 47.3 Å². The first-order chi connectivity index (χ1) is 30.2. The first-order valence-corrected chi connectivity index (χ1v) is 25.8. The molecule has 0 amide bonds. The summed E-state index contributed by atoms with van der Waals surface area (Å²) in [6, 6.07) is 25.4. The lowest BCUT2D eigenvalue weighted by atomic mass is 9.44. The Morgan fingerprint density at radius 3 is 1.73 bits per heavy atom. The molecule has 10 saturated carbocycles. The molecular weight excluding hydrogens is 753 g/mol. The summed E-state index contributed by atoms with van der Waals surface area (Å²) in [5.74, 6) is 8.44. The molecule has 20 rings (SSSR count). The topological polar surface area (TPSA) is 30.2 Å². The molecule has 12 bridgehead atoms. The highest BCUT2D eigenvalue weighted by Gasteiger charge is 2.57. The Labute approximate surface area is 366 Å². The Morgan fingerprint density at radius 2 is 1.10 bits per heavy atom. The van der Waals surface area contributed by atoms with Crippen molar-refractivity contribution in [2.75, 3.05) is 4.90 Å². The monoisotopic (exact) mass is 813 g/mol. The number of nitrogens with zero attached hydrogens (tertiary/aromatic N) is 3. The lowest BCUT2D eigenvalue weighted by Gasteiger charge is -2.58. The Bertz CT molecular complexity index is 2900. The van der Waals surface area contributed by atoms with Gasteiger partial charge in [-0.2, -0.15) is 0 Å². The SMILES string of the molecule is CC1(C)c2cc(C34CC5CC(CC(C5)C3)C4)ccc2N2c3cccc4c3B(c3cc(C56CC7CC(CC(C7)C5)C6)cc1c32)n1c(=O)c2cc3c(cc2n1-4)C1CC2CC(CC3C2)C1. The van der Waals surface area contributed by atoms with Gasteiger partial charge in [-0.05, 0) is 248 Å². The number of rotatable bonds is 2. The predicted molar refractivity (Wildman–Crippen MR) is 250 cm³/mol. The molecule has 0 N–H and O–H groups in total. The van der Waals surface area contributed by atoms with Gasteiger partial charge >= 0.3 is 6.85 Å². The Hall–Kier alpha value is -3.99. The van der Waals surface area contributed by atoms with Crippen molar-refractivity contribution >= 4 is 45.7 Å². The fourth-order valence-electron chi connectivity index (χ4n) is 20.4. The van der Waals surface area contributed by atoms with Gasteiger partial charge in [-0.25, -0.2) is 0 Å². The fraction of sp³-hybridized carbons (Fsp3) is 0.561. The number of benzene rings is 4. The molecule has 12 aliphatic carbocycles. The van der Waals surface area contributed by atoms with Crippen molar-refractivity contribution in [1.29, 1.82) is 0 Å². The van der Waals surface area contributed by atoms with Crippen molar-refractivity contribution in [3.05, 3.63) is 104 Å². The summed E-state index contributed by atoms with van der Waals surface area (Å²) < 4.78 is 4.70. The molecule has 3 aliphatic heterocycles. The minimum atomic E-state index is -0.173. The van der Waals surface area contributed by atoms with Gasteiger partial charge in [0.25, 0.3) is 5.56 Å². The van der Waals surface area contributed by atoms with Crippen molar-refractivity contribution in [3.63, 3.8) is 0 Å². The summed E-state index contributed by atoms with van der Waals surface area (Å²) in [6.07, 6.45) is 23.9. The second-order valence-electron chi connectivity index (χ2n) is 25.4. The van der Waals surface area contributed by atoms with Crippen molar-refractivity contribution in [3.8, 4) is 5.69 Å². The van der Waals surface area contributed by atoms with Gasteiger partial charge in [0.05, 0.1) is 22.3 Å². The first kappa shape index (κ1) is 34.4. The van der Waals surface area contributed by atoms with Crippen LogP contribution in [0.4, 0.5) is 17.1 Å². The van der Waals surface area contributed by atoms with Gasteiger partial charge in [-0.3, -0.25) is 14.1 Å². The van der Waals surface area contributed by atoms with Crippen LogP contribution in [0.25, 0.3) is 16.6 Å². The molecule has 0 radical (unpaired) electrons. The Morgan fingerprint density at radius 1 is 0.548 bits per heavy atom. The number of anilines is 3. The van der Waals surface area contributed by atoms with Crippen LogP contribution in [0.1, 0.15) is 168 Å². The molecule has 5 heteroatoms. The van der Waals surface area contributed by atoms with E-state index < -0.39 is 0 Å². The van der Waals surface area contributed by atoms with E-state index in [-0.39, 0.29) is 23.2 Å². The number of fused-ring (bicyclic) bond motifs is 9. The van der Waals surface area contributed by atoms with E-state index in [9.17, 15) is 0 Å². The van der Waals surface area contributed by atoms with Crippen molar-refractivity contribution in [1.82, 2.24) is 9.27 Å². The zero-order chi connectivity index (χ0) is 40.3. The van der Waals surface area contributed by atoms with Gasteiger partial charge < -0.3 is 4.90 Å². The highest BCUT2D eigenvalue weighted by Crippen LogP contribution is 2.65. The maximum atomic E-state index is 15.6. The maximum Gasteiger partial charge on any atom is 0.357 e. The van der Waals surface area contributed by atoms with E-state index in [4.69, 9.17) is 0 Å². The molecule has 312 valence electrons. The molecule has 2 unspecified atom stereocenters. The van der Waals surface area contributed by atoms with Gasteiger partial charge in [-0.15, -0.1) is 0 Å². The third-order valence-electron chi connectivity index (χ3n) is 21.7. The number of hydrogen-bond acceptors (Lipinski definition) is 2. The molecule has 10 fully saturated rings. The highest BCUT2D eigenvalue weighted by molar-refractivity contribution is 6.88. The molecule has 1 aromatic heterocycles. The fourth-order valence-corrected chi connectivity index (χ4v) is 20.4. The average Bonchev–Trinajstić information content (AvgIpc) is 3.67. The summed E-state index contributed by atoms with van der Waals surface area (Å²) in [7, 11) is 0. The van der Waals surface area contributed by atoms with Crippen LogP contribution in [0.3, 0.4) is 0 Å². The lowest BCUT2D eigenvalue weighted by Crippen LogP contribution is -2.57. The summed E-state index contributed by atoms with van der Waals surface area (Å²) in [5.41, 5.74) is 19.2. The van der Waals surface area contributed by atoms with Gasteiger partial charge in [0.15, 0.2) is 0 Å². The van der Waals surface area contributed by atoms with E-state index in [0.29, 0.717) is 17.3 Å². The Balaban J connectivity index is 0.921. The zero-order valence-corrected chi connectivity index (χ0v) is 36.9. The molecule has 4 heterocycles.